The van der Waals surface area contributed by atoms with Crippen LogP contribution in [0.25, 0.3) is 11.0 Å². The third-order valence-corrected chi connectivity index (χ3v) is 6.34. The van der Waals surface area contributed by atoms with Crippen LogP contribution in [0, 0.1) is 0 Å². The van der Waals surface area contributed by atoms with Gasteiger partial charge in [-0.2, -0.15) is 0 Å². The van der Waals surface area contributed by atoms with Crippen LogP contribution in [0.5, 0.6) is 0 Å². The molecule has 2 aromatic carbocycles. The van der Waals surface area contributed by atoms with E-state index in [2.05, 4.69) is 46.6 Å². The van der Waals surface area contributed by atoms with Gasteiger partial charge in [0, 0.05) is 24.0 Å². The van der Waals surface area contributed by atoms with Crippen LogP contribution in [0.4, 0.5) is 0 Å². The highest BCUT2D eigenvalue weighted by Gasteiger charge is 2.17. The summed E-state index contributed by atoms with van der Waals surface area (Å²) in [6, 6.07) is 13.0. The number of rotatable bonds is 6. The van der Waals surface area contributed by atoms with Gasteiger partial charge in [0.2, 0.25) is 5.91 Å². The highest BCUT2D eigenvalue weighted by molar-refractivity contribution is 5.88. The van der Waals surface area contributed by atoms with Crippen LogP contribution < -0.4 is 5.32 Å². The van der Waals surface area contributed by atoms with Crippen molar-refractivity contribution < 1.29 is 9.21 Å². The highest BCUT2D eigenvalue weighted by atomic mass is 16.3. The average molecular weight is 389 g/mol. The molecular formula is C25H28N2O2. The topological polar surface area (TPSA) is 45.5 Å². The Balaban J connectivity index is 1.17. The third-order valence-electron chi connectivity index (χ3n) is 6.34. The SMILES string of the molecule is O=C(Cc1coc2cc3c(cc12)CCC3)NCc1ccc(CN2CCCC2)cc1. The number of carbonyl (C=O) groups excluding carboxylic acids is 1. The molecule has 2 aliphatic rings. The van der Waals surface area contributed by atoms with E-state index in [1.165, 1.54) is 49.0 Å². The Hall–Kier alpha value is -2.59. The van der Waals surface area contributed by atoms with Crippen LogP contribution in [0.1, 0.15) is 47.1 Å². The summed E-state index contributed by atoms with van der Waals surface area (Å²) in [5.41, 5.74) is 7.18. The number of hydrogen-bond donors (Lipinski definition) is 1. The minimum absolute atomic E-state index is 0.0364. The van der Waals surface area contributed by atoms with Gasteiger partial charge in [0.05, 0.1) is 12.7 Å². The van der Waals surface area contributed by atoms with E-state index in [4.69, 9.17) is 4.42 Å². The molecule has 3 aromatic rings. The van der Waals surface area contributed by atoms with Crippen molar-refractivity contribution in [3.63, 3.8) is 0 Å². The largest absolute Gasteiger partial charge is 0.464 e. The van der Waals surface area contributed by atoms with E-state index >= 15 is 0 Å². The lowest BCUT2D eigenvalue weighted by Crippen LogP contribution is -2.24. The molecule has 150 valence electrons. The van der Waals surface area contributed by atoms with Crippen LogP contribution in [0.3, 0.4) is 0 Å². The number of nitrogens with zero attached hydrogens (tertiary/aromatic N) is 1. The number of carbonyl (C=O) groups is 1. The van der Waals surface area contributed by atoms with Gasteiger partial charge >= 0.3 is 0 Å². The predicted molar refractivity (Wildman–Crippen MR) is 115 cm³/mol. The number of hydrogen-bond acceptors (Lipinski definition) is 3. The molecule has 1 saturated heterocycles. The summed E-state index contributed by atoms with van der Waals surface area (Å²) in [6.07, 6.45) is 8.23. The molecule has 0 spiro atoms. The minimum Gasteiger partial charge on any atom is -0.464 e. The van der Waals surface area contributed by atoms with Gasteiger partial charge in [0.25, 0.3) is 0 Å². The van der Waals surface area contributed by atoms with Gasteiger partial charge < -0.3 is 9.73 Å². The summed E-state index contributed by atoms with van der Waals surface area (Å²) in [7, 11) is 0. The normalized spacial score (nSPS) is 16.4. The smallest absolute Gasteiger partial charge is 0.224 e. The summed E-state index contributed by atoms with van der Waals surface area (Å²) >= 11 is 0. The summed E-state index contributed by atoms with van der Waals surface area (Å²) in [5, 5.41) is 4.15. The number of benzene rings is 2. The number of likely N-dealkylation sites (tertiary alicyclic amines) is 1. The van der Waals surface area contributed by atoms with E-state index in [-0.39, 0.29) is 5.91 Å². The maximum absolute atomic E-state index is 12.5. The van der Waals surface area contributed by atoms with Gasteiger partial charge in [-0.25, -0.2) is 0 Å². The molecule has 4 nitrogen and oxygen atoms in total. The van der Waals surface area contributed by atoms with Crippen molar-refractivity contribution in [3.8, 4) is 0 Å². The maximum Gasteiger partial charge on any atom is 0.224 e. The summed E-state index contributed by atoms with van der Waals surface area (Å²) < 4.78 is 5.72. The van der Waals surface area contributed by atoms with E-state index in [0.717, 1.165) is 41.5 Å². The Kier molecular flexibility index (Phi) is 5.11. The molecule has 0 unspecified atom stereocenters. The molecular weight excluding hydrogens is 360 g/mol. The standard InChI is InChI=1S/C25H28N2O2/c28-25(14-22-17-29-24-13-21-5-3-4-20(21)12-23(22)24)26-15-18-6-8-19(9-7-18)16-27-10-1-2-11-27/h6-9,12-13,17H,1-5,10-11,14-16H2,(H,26,28). The number of nitrogens with one attached hydrogen (secondary N) is 1. The Morgan fingerprint density at radius 3 is 2.48 bits per heavy atom. The summed E-state index contributed by atoms with van der Waals surface area (Å²) in [5.74, 6) is 0.0364. The lowest BCUT2D eigenvalue weighted by molar-refractivity contribution is -0.120. The van der Waals surface area contributed by atoms with Gasteiger partial charge in [-0.15, -0.1) is 0 Å². The van der Waals surface area contributed by atoms with Gasteiger partial charge in [0.1, 0.15) is 5.58 Å². The molecule has 1 N–H and O–H groups in total. The molecule has 1 aromatic heterocycles. The molecule has 0 saturated carbocycles. The second-order valence-corrected chi connectivity index (χ2v) is 8.48. The molecule has 0 bridgehead atoms. The van der Waals surface area contributed by atoms with Crippen molar-refractivity contribution in [3.05, 3.63) is 70.5 Å². The lowest BCUT2D eigenvalue weighted by atomic mass is 10.0. The molecule has 2 heterocycles. The van der Waals surface area contributed by atoms with Crippen LogP contribution in [-0.4, -0.2) is 23.9 Å². The second-order valence-electron chi connectivity index (χ2n) is 8.48. The zero-order chi connectivity index (χ0) is 19.6. The van der Waals surface area contributed by atoms with Crippen molar-refractivity contribution >= 4 is 16.9 Å². The zero-order valence-electron chi connectivity index (χ0n) is 16.9. The second kappa shape index (κ2) is 8.03. The van der Waals surface area contributed by atoms with Crippen molar-refractivity contribution in [1.29, 1.82) is 0 Å². The lowest BCUT2D eigenvalue weighted by Gasteiger charge is -2.14. The van der Waals surface area contributed by atoms with Crippen molar-refractivity contribution in [2.45, 2.75) is 51.6 Å². The Bertz CT molecular complexity index is 1010. The first-order valence-corrected chi connectivity index (χ1v) is 10.8. The van der Waals surface area contributed by atoms with E-state index in [1.807, 2.05) is 0 Å². The number of fused-ring (bicyclic) bond motifs is 2. The highest BCUT2D eigenvalue weighted by Crippen LogP contribution is 2.30. The fourth-order valence-corrected chi connectivity index (χ4v) is 4.68. The third kappa shape index (κ3) is 4.08. The molecule has 1 fully saturated rings. The molecule has 1 aliphatic carbocycles. The van der Waals surface area contributed by atoms with Gasteiger partial charge in [-0.05, 0) is 79.6 Å². The molecule has 0 atom stereocenters. The van der Waals surface area contributed by atoms with E-state index in [0.29, 0.717) is 13.0 Å². The van der Waals surface area contributed by atoms with Crippen LogP contribution in [-0.2, 0) is 37.1 Å². The van der Waals surface area contributed by atoms with E-state index < -0.39 is 0 Å². The maximum atomic E-state index is 12.5. The van der Waals surface area contributed by atoms with E-state index in [1.54, 1.807) is 6.26 Å². The van der Waals surface area contributed by atoms with Crippen molar-refractivity contribution in [2.75, 3.05) is 13.1 Å². The summed E-state index contributed by atoms with van der Waals surface area (Å²) in [4.78, 5) is 15.0. The number of aryl methyl sites for hydroxylation is 2. The Morgan fingerprint density at radius 2 is 1.69 bits per heavy atom. The fraction of sp³-hybridized carbons (Fsp3) is 0.400. The first kappa shape index (κ1) is 18.4. The Labute approximate surface area is 171 Å². The van der Waals surface area contributed by atoms with Crippen LogP contribution in [0.2, 0.25) is 0 Å². The fourth-order valence-electron chi connectivity index (χ4n) is 4.68. The van der Waals surface area contributed by atoms with Gasteiger partial charge in [0.15, 0.2) is 0 Å². The first-order chi connectivity index (χ1) is 14.2. The molecule has 0 radical (unpaired) electrons. The van der Waals surface area contributed by atoms with Crippen LogP contribution >= 0.6 is 0 Å². The number of furan rings is 1. The van der Waals surface area contributed by atoms with E-state index in [9.17, 15) is 4.79 Å². The molecule has 1 aliphatic heterocycles. The first-order valence-electron chi connectivity index (χ1n) is 10.8. The molecule has 29 heavy (non-hydrogen) atoms. The molecule has 4 heteroatoms. The Morgan fingerprint density at radius 1 is 0.966 bits per heavy atom. The van der Waals surface area contributed by atoms with Gasteiger partial charge in [-0.3, -0.25) is 9.69 Å². The predicted octanol–water partition coefficient (Wildman–Crippen LogP) is 4.38. The minimum atomic E-state index is 0.0364. The molecule has 1 amide bonds. The quantitative estimate of drug-likeness (QED) is 0.682. The summed E-state index contributed by atoms with van der Waals surface area (Å²) in [6.45, 7) is 4.02. The van der Waals surface area contributed by atoms with Crippen molar-refractivity contribution in [2.24, 2.45) is 0 Å². The average Bonchev–Trinajstić information content (AvgIpc) is 3.48. The zero-order valence-corrected chi connectivity index (χ0v) is 16.9. The van der Waals surface area contributed by atoms with Crippen molar-refractivity contribution in [1.82, 2.24) is 10.2 Å². The van der Waals surface area contributed by atoms with Crippen LogP contribution in [0.15, 0.2) is 47.1 Å². The number of amides is 1. The molecule has 5 rings (SSSR count). The van der Waals surface area contributed by atoms with Gasteiger partial charge in [-0.1, -0.05) is 24.3 Å². The monoisotopic (exact) mass is 388 g/mol.